The van der Waals surface area contributed by atoms with E-state index in [9.17, 15) is 0 Å². The Labute approximate surface area is 108 Å². The highest BCUT2D eigenvalue weighted by Crippen LogP contribution is 2.30. The lowest BCUT2D eigenvalue weighted by molar-refractivity contribution is 0.143. The van der Waals surface area contributed by atoms with Crippen molar-refractivity contribution in [3.63, 3.8) is 0 Å². The van der Waals surface area contributed by atoms with Gasteiger partial charge in [0.25, 0.3) is 0 Å². The van der Waals surface area contributed by atoms with E-state index in [-0.39, 0.29) is 0 Å². The van der Waals surface area contributed by atoms with Crippen LogP contribution in [0.4, 0.5) is 0 Å². The van der Waals surface area contributed by atoms with Gasteiger partial charge >= 0.3 is 0 Å². The van der Waals surface area contributed by atoms with E-state index in [1.807, 2.05) is 0 Å². The van der Waals surface area contributed by atoms with Crippen molar-refractivity contribution in [1.82, 2.24) is 4.90 Å². The zero-order chi connectivity index (χ0) is 12.7. The Kier molecular flexibility index (Phi) is 7.14. The third kappa shape index (κ3) is 4.59. The fourth-order valence-corrected chi connectivity index (χ4v) is 3.23. The molecule has 1 saturated carbocycles. The standard InChI is InChI=1S/C15H32N2/c1-4-5-6-7-9-13(2)17(3)15-11-8-10-14(15)12-16/h13-15H,4-12,16H2,1-3H3. The highest BCUT2D eigenvalue weighted by molar-refractivity contribution is 4.86. The summed E-state index contributed by atoms with van der Waals surface area (Å²) >= 11 is 0. The van der Waals surface area contributed by atoms with E-state index in [1.165, 1.54) is 51.4 Å². The predicted molar refractivity (Wildman–Crippen MR) is 76.2 cm³/mol. The fraction of sp³-hybridized carbons (Fsp3) is 1.00. The molecular formula is C15H32N2. The lowest BCUT2D eigenvalue weighted by atomic mass is 9.99. The molecule has 0 saturated heterocycles. The Morgan fingerprint density at radius 2 is 2.00 bits per heavy atom. The minimum Gasteiger partial charge on any atom is -0.330 e. The van der Waals surface area contributed by atoms with E-state index in [0.717, 1.165) is 24.5 Å². The first-order chi connectivity index (χ1) is 8.20. The van der Waals surface area contributed by atoms with Crippen LogP contribution in [0.25, 0.3) is 0 Å². The van der Waals surface area contributed by atoms with Crippen LogP contribution >= 0.6 is 0 Å². The first-order valence-electron chi connectivity index (χ1n) is 7.62. The summed E-state index contributed by atoms with van der Waals surface area (Å²) < 4.78 is 0. The molecule has 3 atom stereocenters. The summed E-state index contributed by atoms with van der Waals surface area (Å²) in [4.78, 5) is 2.61. The van der Waals surface area contributed by atoms with Crippen molar-refractivity contribution in [2.24, 2.45) is 11.7 Å². The van der Waals surface area contributed by atoms with Crippen LogP contribution in [0.2, 0.25) is 0 Å². The van der Waals surface area contributed by atoms with Crippen LogP contribution in [-0.2, 0) is 0 Å². The second kappa shape index (κ2) is 8.10. The quantitative estimate of drug-likeness (QED) is 0.659. The molecule has 1 rings (SSSR count). The van der Waals surface area contributed by atoms with Gasteiger partial charge in [0, 0.05) is 12.1 Å². The first-order valence-corrected chi connectivity index (χ1v) is 7.62. The largest absolute Gasteiger partial charge is 0.330 e. The van der Waals surface area contributed by atoms with Crippen LogP contribution in [0, 0.1) is 5.92 Å². The Hall–Kier alpha value is -0.0800. The van der Waals surface area contributed by atoms with Gasteiger partial charge in [-0.25, -0.2) is 0 Å². The molecular weight excluding hydrogens is 208 g/mol. The maximum atomic E-state index is 5.88. The summed E-state index contributed by atoms with van der Waals surface area (Å²) in [5.74, 6) is 0.748. The molecule has 1 fully saturated rings. The number of rotatable bonds is 8. The van der Waals surface area contributed by atoms with Gasteiger partial charge in [-0.1, -0.05) is 39.0 Å². The molecule has 17 heavy (non-hydrogen) atoms. The average Bonchev–Trinajstić information content (AvgIpc) is 2.81. The van der Waals surface area contributed by atoms with Crippen LogP contribution < -0.4 is 5.73 Å². The molecule has 0 aliphatic heterocycles. The maximum Gasteiger partial charge on any atom is 0.0135 e. The smallest absolute Gasteiger partial charge is 0.0135 e. The highest BCUT2D eigenvalue weighted by atomic mass is 15.2. The summed E-state index contributed by atoms with van der Waals surface area (Å²) in [6.45, 7) is 5.54. The molecule has 0 aromatic heterocycles. The average molecular weight is 240 g/mol. The second-order valence-corrected chi connectivity index (χ2v) is 5.86. The zero-order valence-corrected chi connectivity index (χ0v) is 12.1. The van der Waals surface area contributed by atoms with Crippen LogP contribution in [-0.4, -0.2) is 30.6 Å². The molecule has 2 N–H and O–H groups in total. The summed E-state index contributed by atoms with van der Waals surface area (Å²) in [5.41, 5.74) is 5.88. The van der Waals surface area contributed by atoms with Crippen molar-refractivity contribution in [1.29, 1.82) is 0 Å². The SMILES string of the molecule is CCCCCCC(C)N(C)C1CCCC1CN. The van der Waals surface area contributed by atoms with Gasteiger partial charge in [-0.3, -0.25) is 0 Å². The molecule has 2 heteroatoms. The van der Waals surface area contributed by atoms with Gasteiger partial charge in [0.2, 0.25) is 0 Å². The van der Waals surface area contributed by atoms with Gasteiger partial charge in [0.15, 0.2) is 0 Å². The molecule has 0 amide bonds. The molecule has 0 aromatic carbocycles. The van der Waals surface area contributed by atoms with Crippen LogP contribution in [0.5, 0.6) is 0 Å². The summed E-state index contributed by atoms with van der Waals surface area (Å²) in [5, 5.41) is 0. The van der Waals surface area contributed by atoms with E-state index in [1.54, 1.807) is 0 Å². The second-order valence-electron chi connectivity index (χ2n) is 5.86. The minimum absolute atomic E-state index is 0.726. The molecule has 3 unspecified atom stereocenters. The van der Waals surface area contributed by atoms with Crippen LogP contribution in [0.3, 0.4) is 0 Å². The normalized spacial score (nSPS) is 26.6. The molecule has 1 aliphatic rings. The Morgan fingerprint density at radius 3 is 2.65 bits per heavy atom. The van der Waals surface area contributed by atoms with Crippen molar-refractivity contribution in [2.75, 3.05) is 13.6 Å². The zero-order valence-electron chi connectivity index (χ0n) is 12.1. The van der Waals surface area contributed by atoms with Gasteiger partial charge in [-0.05, 0) is 45.7 Å². The van der Waals surface area contributed by atoms with Gasteiger partial charge in [-0.15, -0.1) is 0 Å². The highest BCUT2D eigenvalue weighted by Gasteiger charge is 2.30. The number of hydrogen-bond donors (Lipinski definition) is 1. The van der Waals surface area contributed by atoms with Crippen molar-refractivity contribution in [2.45, 2.75) is 77.3 Å². The lowest BCUT2D eigenvalue weighted by Gasteiger charge is -2.34. The number of nitrogens with zero attached hydrogens (tertiary/aromatic N) is 1. The van der Waals surface area contributed by atoms with Crippen molar-refractivity contribution in [3.8, 4) is 0 Å². The summed E-state index contributed by atoms with van der Waals surface area (Å²) in [7, 11) is 2.31. The van der Waals surface area contributed by atoms with Gasteiger partial charge in [-0.2, -0.15) is 0 Å². The number of nitrogens with two attached hydrogens (primary N) is 1. The number of hydrogen-bond acceptors (Lipinski definition) is 2. The maximum absolute atomic E-state index is 5.88. The van der Waals surface area contributed by atoms with E-state index >= 15 is 0 Å². The van der Waals surface area contributed by atoms with Crippen LogP contribution in [0.1, 0.15) is 65.2 Å². The van der Waals surface area contributed by atoms with E-state index in [2.05, 4.69) is 25.8 Å². The molecule has 0 bridgehead atoms. The van der Waals surface area contributed by atoms with Gasteiger partial charge in [0.1, 0.15) is 0 Å². The Morgan fingerprint density at radius 1 is 1.24 bits per heavy atom. The molecule has 0 spiro atoms. The predicted octanol–water partition coefficient (Wildman–Crippen LogP) is 3.40. The van der Waals surface area contributed by atoms with Crippen molar-refractivity contribution >= 4 is 0 Å². The lowest BCUT2D eigenvalue weighted by Crippen LogP contribution is -2.42. The molecule has 2 nitrogen and oxygen atoms in total. The Balaban J connectivity index is 2.27. The molecule has 102 valence electrons. The molecule has 0 radical (unpaired) electrons. The van der Waals surface area contributed by atoms with E-state index in [0.29, 0.717) is 0 Å². The fourth-order valence-electron chi connectivity index (χ4n) is 3.23. The van der Waals surface area contributed by atoms with Crippen LogP contribution in [0.15, 0.2) is 0 Å². The molecule has 1 aliphatic carbocycles. The van der Waals surface area contributed by atoms with Gasteiger partial charge in [0.05, 0.1) is 0 Å². The van der Waals surface area contributed by atoms with E-state index in [4.69, 9.17) is 5.73 Å². The topological polar surface area (TPSA) is 29.3 Å². The first kappa shape index (κ1) is 15.0. The van der Waals surface area contributed by atoms with Gasteiger partial charge < -0.3 is 10.6 Å². The molecule has 0 heterocycles. The third-order valence-electron chi connectivity index (χ3n) is 4.62. The van der Waals surface area contributed by atoms with Crippen molar-refractivity contribution < 1.29 is 0 Å². The van der Waals surface area contributed by atoms with Crippen molar-refractivity contribution in [3.05, 3.63) is 0 Å². The monoisotopic (exact) mass is 240 g/mol. The minimum atomic E-state index is 0.726. The third-order valence-corrected chi connectivity index (χ3v) is 4.62. The Bertz CT molecular complexity index is 193. The number of unbranched alkanes of at least 4 members (excludes halogenated alkanes) is 3. The van der Waals surface area contributed by atoms with E-state index < -0.39 is 0 Å². The summed E-state index contributed by atoms with van der Waals surface area (Å²) in [6, 6.07) is 1.48. The summed E-state index contributed by atoms with van der Waals surface area (Å²) in [6.07, 6.45) is 10.9. The molecule has 0 aromatic rings.